The standard InChI is InChI=1S/C20H14Cl2N4O2S/c1-23-19(27)17-10-13(6-7-24-17)28-12-3-5-18-16(9-12)26-20(29-18)25-11-2-4-14(21)15(22)8-11/h2-10H,1H3,(H,23,27)(H,25,26). The number of halogens is 2. The monoisotopic (exact) mass is 444 g/mol. The predicted molar refractivity (Wildman–Crippen MR) is 117 cm³/mol. The van der Waals surface area contributed by atoms with Crippen molar-refractivity contribution in [2.24, 2.45) is 0 Å². The van der Waals surface area contributed by atoms with Crippen molar-refractivity contribution in [1.29, 1.82) is 0 Å². The lowest BCUT2D eigenvalue weighted by atomic mass is 10.3. The average molecular weight is 445 g/mol. The third kappa shape index (κ3) is 4.42. The molecule has 9 heteroatoms. The summed E-state index contributed by atoms with van der Waals surface area (Å²) in [4.78, 5) is 20.3. The number of hydrogen-bond acceptors (Lipinski definition) is 6. The fourth-order valence-corrected chi connectivity index (χ4v) is 3.75. The Morgan fingerprint density at radius 1 is 1.03 bits per heavy atom. The first kappa shape index (κ1) is 19.4. The Balaban J connectivity index is 1.55. The highest BCUT2D eigenvalue weighted by Gasteiger charge is 2.09. The van der Waals surface area contributed by atoms with Crippen LogP contribution in [0.25, 0.3) is 10.2 Å². The quantitative estimate of drug-likeness (QED) is 0.401. The van der Waals surface area contributed by atoms with Crippen LogP contribution in [0.2, 0.25) is 10.0 Å². The second-order valence-corrected chi connectivity index (χ2v) is 7.81. The molecule has 0 bridgehead atoms. The first-order valence-electron chi connectivity index (χ1n) is 8.50. The number of ether oxygens (including phenoxy) is 1. The van der Waals surface area contributed by atoms with E-state index < -0.39 is 0 Å². The van der Waals surface area contributed by atoms with E-state index in [-0.39, 0.29) is 11.6 Å². The first-order chi connectivity index (χ1) is 14.0. The van der Waals surface area contributed by atoms with Crippen LogP contribution in [0.5, 0.6) is 11.5 Å². The number of aromatic nitrogens is 2. The maximum Gasteiger partial charge on any atom is 0.269 e. The van der Waals surface area contributed by atoms with Crippen molar-refractivity contribution in [3.05, 3.63) is 70.5 Å². The molecule has 0 saturated heterocycles. The summed E-state index contributed by atoms with van der Waals surface area (Å²) in [6.07, 6.45) is 1.53. The summed E-state index contributed by atoms with van der Waals surface area (Å²) in [5.41, 5.74) is 1.87. The second-order valence-electron chi connectivity index (χ2n) is 5.96. The molecular formula is C20H14Cl2N4O2S. The molecule has 0 atom stereocenters. The summed E-state index contributed by atoms with van der Waals surface area (Å²) < 4.78 is 6.87. The Morgan fingerprint density at radius 2 is 1.86 bits per heavy atom. The molecule has 2 N–H and O–H groups in total. The molecule has 2 aromatic carbocycles. The molecule has 4 aromatic rings. The minimum Gasteiger partial charge on any atom is -0.457 e. The van der Waals surface area contributed by atoms with E-state index in [9.17, 15) is 4.79 Å². The van der Waals surface area contributed by atoms with Crippen LogP contribution in [0.1, 0.15) is 10.5 Å². The number of benzene rings is 2. The molecule has 2 heterocycles. The molecule has 0 aliphatic heterocycles. The third-order valence-electron chi connectivity index (χ3n) is 3.96. The molecular weight excluding hydrogens is 431 g/mol. The van der Waals surface area contributed by atoms with Gasteiger partial charge in [0.1, 0.15) is 17.2 Å². The van der Waals surface area contributed by atoms with Gasteiger partial charge in [-0.1, -0.05) is 34.5 Å². The van der Waals surface area contributed by atoms with Crippen molar-refractivity contribution < 1.29 is 9.53 Å². The number of fused-ring (bicyclic) bond motifs is 1. The molecule has 6 nitrogen and oxygen atoms in total. The van der Waals surface area contributed by atoms with Crippen molar-refractivity contribution in [3.63, 3.8) is 0 Å². The van der Waals surface area contributed by atoms with Crippen LogP contribution in [-0.4, -0.2) is 22.9 Å². The van der Waals surface area contributed by atoms with E-state index in [1.165, 1.54) is 17.5 Å². The third-order valence-corrected chi connectivity index (χ3v) is 5.65. The molecule has 4 rings (SSSR count). The molecule has 0 unspecified atom stereocenters. The van der Waals surface area contributed by atoms with E-state index in [0.29, 0.717) is 21.5 Å². The van der Waals surface area contributed by atoms with Crippen molar-refractivity contribution in [3.8, 4) is 11.5 Å². The molecule has 1 amide bonds. The number of pyridine rings is 1. The van der Waals surface area contributed by atoms with Crippen LogP contribution < -0.4 is 15.4 Å². The van der Waals surface area contributed by atoms with E-state index in [0.717, 1.165) is 21.0 Å². The van der Waals surface area contributed by atoms with Crippen molar-refractivity contribution in [2.45, 2.75) is 0 Å². The fourth-order valence-electron chi connectivity index (χ4n) is 2.58. The number of hydrogen-bond donors (Lipinski definition) is 2. The average Bonchev–Trinajstić information content (AvgIpc) is 3.12. The zero-order valence-electron chi connectivity index (χ0n) is 15.1. The predicted octanol–water partition coefficient (Wildman–Crippen LogP) is 5.89. The van der Waals surface area contributed by atoms with Gasteiger partial charge in [0.2, 0.25) is 0 Å². The van der Waals surface area contributed by atoms with Gasteiger partial charge in [-0.05, 0) is 36.4 Å². The van der Waals surface area contributed by atoms with Gasteiger partial charge in [0.05, 0.1) is 20.3 Å². The molecule has 0 fully saturated rings. The van der Waals surface area contributed by atoms with Crippen LogP contribution in [0.15, 0.2) is 54.7 Å². The second kappa shape index (κ2) is 8.24. The number of amides is 1. The highest BCUT2D eigenvalue weighted by atomic mass is 35.5. The van der Waals surface area contributed by atoms with E-state index in [2.05, 4.69) is 20.6 Å². The Kier molecular flexibility index (Phi) is 5.53. The lowest BCUT2D eigenvalue weighted by molar-refractivity contribution is 0.0958. The summed E-state index contributed by atoms with van der Waals surface area (Å²) in [5.74, 6) is 0.851. The van der Waals surface area contributed by atoms with E-state index in [4.69, 9.17) is 27.9 Å². The summed E-state index contributed by atoms with van der Waals surface area (Å²) in [7, 11) is 1.55. The largest absolute Gasteiger partial charge is 0.457 e. The number of thiazole rings is 1. The zero-order chi connectivity index (χ0) is 20.4. The van der Waals surface area contributed by atoms with E-state index >= 15 is 0 Å². The van der Waals surface area contributed by atoms with E-state index in [1.54, 1.807) is 31.3 Å². The Hall–Kier alpha value is -2.87. The number of carbonyl (C=O) groups is 1. The molecule has 0 saturated carbocycles. The lowest BCUT2D eigenvalue weighted by Crippen LogP contribution is -2.18. The topological polar surface area (TPSA) is 76.1 Å². The highest BCUT2D eigenvalue weighted by molar-refractivity contribution is 7.22. The van der Waals surface area contributed by atoms with Gasteiger partial charge in [-0.2, -0.15) is 0 Å². The number of nitrogens with one attached hydrogen (secondary N) is 2. The molecule has 2 aromatic heterocycles. The summed E-state index contributed by atoms with van der Waals surface area (Å²) in [5, 5.41) is 7.46. The minimum atomic E-state index is -0.275. The van der Waals surface area contributed by atoms with Crippen LogP contribution in [-0.2, 0) is 0 Å². The number of carbonyl (C=O) groups excluding carboxylic acids is 1. The van der Waals surface area contributed by atoms with Gasteiger partial charge in [-0.25, -0.2) is 4.98 Å². The van der Waals surface area contributed by atoms with Gasteiger partial charge in [-0.3, -0.25) is 9.78 Å². The fraction of sp³-hybridized carbons (Fsp3) is 0.0500. The Morgan fingerprint density at radius 3 is 2.66 bits per heavy atom. The molecule has 29 heavy (non-hydrogen) atoms. The summed E-state index contributed by atoms with van der Waals surface area (Å²) in [6, 6.07) is 14.2. The van der Waals surface area contributed by atoms with Gasteiger partial charge >= 0.3 is 0 Å². The Labute approximate surface area is 180 Å². The van der Waals surface area contributed by atoms with Gasteiger partial charge < -0.3 is 15.4 Å². The van der Waals surface area contributed by atoms with Crippen molar-refractivity contribution >= 4 is 61.5 Å². The first-order valence-corrected chi connectivity index (χ1v) is 10.1. The number of nitrogens with zero attached hydrogens (tertiary/aromatic N) is 2. The summed E-state index contributed by atoms with van der Waals surface area (Å²) in [6.45, 7) is 0. The SMILES string of the molecule is CNC(=O)c1cc(Oc2ccc3sc(Nc4ccc(Cl)c(Cl)c4)nc3c2)ccn1. The molecule has 0 aliphatic rings. The van der Waals surface area contributed by atoms with Crippen molar-refractivity contribution in [2.75, 3.05) is 12.4 Å². The normalized spacial score (nSPS) is 10.7. The molecule has 0 aliphatic carbocycles. The maximum absolute atomic E-state index is 11.7. The summed E-state index contributed by atoms with van der Waals surface area (Å²) >= 11 is 13.5. The van der Waals surface area contributed by atoms with Crippen molar-refractivity contribution in [1.82, 2.24) is 15.3 Å². The Bertz CT molecular complexity index is 1210. The van der Waals surface area contributed by atoms with Crippen LogP contribution in [0.3, 0.4) is 0 Å². The van der Waals surface area contributed by atoms with Gasteiger partial charge in [0.25, 0.3) is 5.91 Å². The molecule has 0 radical (unpaired) electrons. The minimum absolute atomic E-state index is 0.275. The van der Waals surface area contributed by atoms with Gasteiger partial charge in [0.15, 0.2) is 5.13 Å². The molecule has 146 valence electrons. The van der Waals surface area contributed by atoms with Crippen LogP contribution in [0.4, 0.5) is 10.8 Å². The maximum atomic E-state index is 11.7. The highest BCUT2D eigenvalue weighted by Crippen LogP contribution is 2.33. The van der Waals surface area contributed by atoms with Gasteiger partial charge in [0, 0.05) is 31.1 Å². The smallest absolute Gasteiger partial charge is 0.269 e. The van der Waals surface area contributed by atoms with E-state index in [1.807, 2.05) is 24.3 Å². The lowest BCUT2D eigenvalue weighted by Gasteiger charge is -2.06. The molecule has 0 spiro atoms. The van der Waals surface area contributed by atoms with Gasteiger partial charge in [-0.15, -0.1) is 0 Å². The zero-order valence-corrected chi connectivity index (χ0v) is 17.4. The number of rotatable bonds is 5. The number of anilines is 2. The van der Waals surface area contributed by atoms with Crippen LogP contribution >= 0.6 is 34.5 Å². The van der Waals surface area contributed by atoms with Crippen LogP contribution in [0, 0.1) is 0 Å².